The van der Waals surface area contributed by atoms with Gasteiger partial charge in [-0.05, 0) is 25.7 Å². The van der Waals surface area contributed by atoms with Crippen molar-refractivity contribution in [1.29, 1.82) is 0 Å². The van der Waals surface area contributed by atoms with Gasteiger partial charge in [-0.15, -0.1) is 11.8 Å². The van der Waals surface area contributed by atoms with Crippen LogP contribution >= 0.6 is 11.8 Å². The third-order valence-corrected chi connectivity index (χ3v) is 7.54. The summed E-state index contributed by atoms with van der Waals surface area (Å²) >= 11 is 1.88. The van der Waals surface area contributed by atoms with E-state index < -0.39 is 0 Å². The second-order valence-corrected chi connectivity index (χ2v) is 9.53. The lowest BCUT2D eigenvalue weighted by Crippen LogP contribution is -2.35. The van der Waals surface area contributed by atoms with Gasteiger partial charge in [0.1, 0.15) is 23.5 Å². The Morgan fingerprint density at radius 1 is 1.10 bits per heavy atom. The summed E-state index contributed by atoms with van der Waals surface area (Å²) in [6.45, 7) is 3.50. The molecule has 0 spiro atoms. The van der Waals surface area contributed by atoms with Gasteiger partial charge in [-0.1, -0.05) is 0 Å². The highest BCUT2D eigenvalue weighted by atomic mass is 32.2. The van der Waals surface area contributed by atoms with E-state index in [1.165, 1.54) is 10.6 Å². The maximum atomic E-state index is 5.51. The van der Waals surface area contributed by atoms with E-state index >= 15 is 0 Å². The molecule has 2 fully saturated rings. The number of hydrogen-bond acceptors (Lipinski definition) is 9. The van der Waals surface area contributed by atoms with Gasteiger partial charge in [0.15, 0.2) is 5.65 Å². The maximum Gasteiger partial charge on any atom is 0.227 e. The first kappa shape index (κ1) is 19.2. The monoisotopic (exact) mass is 438 g/mol. The van der Waals surface area contributed by atoms with Crippen molar-refractivity contribution in [3.63, 3.8) is 0 Å². The van der Waals surface area contributed by atoms with Crippen LogP contribution in [0.2, 0.25) is 0 Å². The summed E-state index contributed by atoms with van der Waals surface area (Å²) in [5, 5.41) is 3.70. The molecule has 2 saturated heterocycles. The van der Waals surface area contributed by atoms with Gasteiger partial charge in [-0.3, -0.25) is 0 Å². The Hall–Kier alpha value is -2.46. The van der Waals surface area contributed by atoms with Gasteiger partial charge in [0, 0.05) is 50.4 Å². The Kier molecular flexibility index (Phi) is 5.11. The molecule has 6 rings (SSSR count). The Morgan fingerprint density at radius 3 is 2.81 bits per heavy atom. The number of piperidine rings is 1. The Morgan fingerprint density at radius 2 is 1.97 bits per heavy atom. The standard InChI is InChI=1S/C21H26N8OS/c1-6-29(7-2-13(1)18-25-16-11-22-12-23-19(16)27-18)21-26-15-5-10-31-17(15)20(28-21)24-14-3-8-30-9-4-14/h11-14H,1-10H2,(H,24,26,28)(H,22,23,25,27). The lowest BCUT2D eigenvalue weighted by atomic mass is 9.96. The summed E-state index contributed by atoms with van der Waals surface area (Å²) in [4.78, 5) is 29.9. The number of aromatic nitrogens is 6. The SMILES string of the molecule is c1ncc2[nH]c(C3CCN(c4nc5c(c(NC6CCOCC6)n4)SCC5)CC3)nc2n1. The predicted octanol–water partition coefficient (Wildman–Crippen LogP) is 2.77. The molecule has 0 amide bonds. The van der Waals surface area contributed by atoms with Gasteiger partial charge in [-0.2, -0.15) is 4.98 Å². The van der Waals surface area contributed by atoms with Gasteiger partial charge < -0.3 is 19.9 Å². The number of imidazole rings is 1. The molecule has 3 aliphatic rings. The van der Waals surface area contributed by atoms with Crippen molar-refractivity contribution in [3.8, 4) is 0 Å². The minimum absolute atomic E-state index is 0.398. The summed E-state index contributed by atoms with van der Waals surface area (Å²) in [6, 6.07) is 0.434. The Labute approximate surface area is 184 Å². The number of anilines is 2. The van der Waals surface area contributed by atoms with Gasteiger partial charge >= 0.3 is 0 Å². The van der Waals surface area contributed by atoms with Crippen molar-refractivity contribution >= 4 is 34.7 Å². The van der Waals surface area contributed by atoms with Crippen LogP contribution in [0.25, 0.3) is 11.2 Å². The molecule has 10 heteroatoms. The molecular formula is C21H26N8OS. The van der Waals surface area contributed by atoms with E-state index in [1.54, 1.807) is 12.5 Å². The van der Waals surface area contributed by atoms with Crippen LogP contribution in [0, 0.1) is 0 Å². The van der Waals surface area contributed by atoms with Crippen LogP contribution in [0.4, 0.5) is 11.8 Å². The minimum atomic E-state index is 0.398. The van der Waals surface area contributed by atoms with Crippen LogP contribution in [0.15, 0.2) is 17.4 Å². The van der Waals surface area contributed by atoms with Crippen molar-refractivity contribution in [1.82, 2.24) is 29.9 Å². The van der Waals surface area contributed by atoms with E-state index in [0.29, 0.717) is 12.0 Å². The zero-order valence-electron chi connectivity index (χ0n) is 17.4. The molecule has 0 atom stereocenters. The molecular weight excluding hydrogens is 412 g/mol. The third kappa shape index (κ3) is 3.82. The molecule has 9 nitrogen and oxygen atoms in total. The van der Waals surface area contributed by atoms with Crippen LogP contribution in [-0.4, -0.2) is 68.0 Å². The first-order valence-electron chi connectivity index (χ1n) is 11.1. The molecule has 6 heterocycles. The number of fused-ring (bicyclic) bond motifs is 2. The topological polar surface area (TPSA) is 105 Å². The highest BCUT2D eigenvalue weighted by Gasteiger charge is 2.28. The first-order valence-corrected chi connectivity index (χ1v) is 12.1. The average molecular weight is 439 g/mol. The second kappa shape index (κ2) is 8.23. The fraction of sp³-hybridized carbons (Fsp3) is 0.571. The quantitative estimate of drug-likeness (QED) is 0.636. The summed E-state index contributed by atoms with van der Waals surface area (Å²) in [7, 11) is 0. The number of aryl methyl sites for hydroxylation is 1. The number of rotatable bonds is 4. The van der Waals surface area contributed by atoms with Crippen molar-refractivity contribution in [2.24, 2.45) is 0 Å². The van der Waals surface area contributed by atoms with Crippen molar-refractivity contribution in [2.45, 2.75) is 49.0 Å². The van der Waals surface area contributed by atoms with E-state index in [0.717, 1.165) is 92.9 Å². The number of nitrogens with one attached hydrogen (secondary N) is 2. The number of aromatic amines is 1. The van der Waals surface area contributed by atoms with E-state index in [2.05, 4.69) is 30.2 Å². The largest absolute Gasteiger partial charge is 0.381 e. The average Bonchev–Trinajstić information content (AvgIpc) is 3.47. The summed E-state index contributed by atoms with van der Waals surface area (Å²) < 4.78 is 5.51. The summed E-state index contributed by atoms with van der Waals surface area (Å²) in [5.41, 5.74) is 2.85. The van der Waals surface area contributed by atoms with Gasteiger partial charge in [0.05, 0.1) is 16.8 Å². The van der Waals surface area contributed by atoms with E-state index in [1.807, 2.05) is 11.8 Å². The van der Waals surface area contributed by atoms with Crippen LogP contribution in [0.3, 0.4) is 0 Å². The molecule has 0 saturated carbocycles. The zero-order valence-corrected chi connectivity index (χ0v) is 18.2. The molecule has 3 aliphatic heterocycles. The van der Waals surface area contributed by atoms with Gasteiger partial charge in [-0.25, -0.2) is 19.9 Å². The highest BCUT2D eigenvalue weighted by molar-refractivity contribution is 7.99. The van der Waals surface area contributed by atoms with Crippen molar-refractivity contribution in [2.75, 3.05) is 42.3 Å². The normalized spacial score (nSPS) is 20.3. The highest BCUT2D eigenvalue weighted by Crippen LogP contribution is 2.38. The fourth-order valence-electron chi connectivity index (χ4n) is 4.66. The molecule has 0 bridgehead atoms. The molecule has 0 aliphatic carbocycles. The molecule has 162 valence electrons. The smallest absolute Gasteiger partial charge is 0.227 e. The first-order chi connectivity index (χ1) is 15.3. The van der Waals surface area contributed by atoms with E-state index in [4.69, 9.17) is 14.7 Å². The Balaban J connectivity index is 1.19. The van der Waals surface area contributed by atoms with Crippen LogP contribution < -0.4 is 10.2 Å². The van der Waals surface area contributed by atoms with Crippen molar-refractivity contribution < 1.29 is 4.74 Å². The number of ether oxygens (including phenoxy) is 1. The lowest BCUT2D eigenvalue weighted by molar-refractivity contribution is 0.0903. The number of nitrogens with zero attached hydrogens (tertiary/aromatic N) is 6. The molecule has 2 N–H and O–H groups in total. The predicted molar refractivity (Wildman–Crippen MR) is 120 cm³/mol. The second-order valence-electron chi connectivity index (χ2n) is 8.42. The molecule has 3 aromatic rings. The maximum absolute atomic E-state index is 5.51. The van der Waals surface area contributed by atoms with Gasteiger partial charge in [0.25, 0.3) is 0 Å². The molecule has 0 aromatic carbocycles. The lowest BCUT2D eigenvalue weighted by Gasteiger charge is -2.32. The van der Waals surface area contributed by atoms with Crippen LogP contribution in [-0.2, 0) is 11.2 Å². The Bertz CT molecular complexity index is 1040. The van der Waals surface area contributed by atoms with Gasteiger partial charge in [0.2, 0.25) is 5.95 Å². The third-order valence-electron chi connectivity index (χ3n) is 6.42. The number of hydrogen-bond donors (Lipinski definition) is 2. The summed E-state index contributed by atoms with van der Waals surface area (Å²) in [6.07, 6.45) is 8.46. The van der Waals surface area contributed by atoms with Crippen LogP contribution in [0.1, 0.15) is 43.1 Å². The fourth-order valence-corrected chi connectivity index (χ4v) is 5.71. The molecule has 0 radical (unpaired) electrons. The van der Waals surface area contributed by atoms with E-state index in [-0.39, 0.29) is 0 Å². The number of thioether (sulfide) groups is 1. The number of H-pyrrole nitrogens is 1. The minimum Gasteiger partial charge on any atom is -0.381 e. The zero-order chi connectivity index (χ0) is 20.6. The summed E-state index contributed by atoms with van der Waals surface area (Å²) in [5.74, 6) is 4.39. The molecule has 3 aromatic heterocycles. The molecule has 0 unspecified atom stereocenters. The molecule has 31 heavy (non-hydrogen) atoms. The van der Waals surface area contributed by atoms with E-state index in [9.17, 15) is 0 Å². The van der Waals surface area contributed by atoms with Crippen LogP contribution in [0.5, 0.6) is 0 Å². The van der Waals surface area contributed by atoms with Crippen molar-refractivity contribution in [3.05, 3.63) is 24.0 Å².